The van der Waals surface area contributed by atoms with Crippen LogP contribution in [0.25, 0.3) is 5.69 Å². The number of nitrogens with one attached hydrogen (secondary N) is 1. The summed E-state index contributed by atoms with van der Waals surface area (Å²) in [6, 6.07) is 24.2. The van der Waals surface area contributed by atoms with E-state index in [2.05, 4.69) is 20.6 Å². The van der Waals surface area contributed by atoms with Gasteiger partial charge in [-0.2, -0.15) is 5.10 Å². The van der Waals surface area contributed by atoms with E-state index in [4.69, 9.17) is 0 Å². The summed E-state index contributed by atoms with van der Waals surface area (Å²) in [6.45, 7) is 0.0133. The van der Waals surface area contributed by atoms with Gasteiger partial charge in [0, 0.05) is 29.8 Å². The second-order valence-corrected chi connectivity index (χ2v) is 11.8. The van der Waals surface area contributed by atoms with Crippen molar-refractivity contribution in [3.8, 4) is 5.69 Å². The molecule has 3 aromatic carbocycles. The topological polar surface area (TPSA) is 136 Å². The maximum atomic E-state index is 13.7. The molecule has 226 valence electrons. The van der Waals surface area contributed by atoms with Crippen LogP contribution >= 0.6 is 23.1 Å². The van der Waals surface area contributed by atoms with Crippen LogP contribution in [0.2, 0.25) is 0 Å². The molecule has 3 heterocycles. The van der Waals surface area contributed by atoms with Crippen LogP contribution in [0.5, 0.6) is 0 Å². The Morgan fingerprint density at radius 2 is 1.76 bits per heavy atom. The van der Waals surface area contributed by atoms with Gasteiger partial charge in [-0.3, -0.25) is 24.3 Å². The van der Waals surface area contributed by atoms with Gasteiger partial charge in [-0.1, -0.05) is 48.2 Å². The normalized spacial score (nSPS) is 14.3. The molecule has 2 amide bonds. The van der Waals surface area contributed by atoms with E-state index in [0.717, 1.165) is 21.8 Å². The highest BCUT2D eigenvalue weighted by Crippen LogP contribution is 2.35. The number of para-hydroxylation sites is 1. The van der Waals surface area contributed by atoms with Crippen molar-refractivity contribution < 1.29 is 18.9 Å². The predicted molar refractivity (Wildman–Crippen MR) is 168 cm³/mol. The Hall–Kier alpha value is -5.21. The minimum absolute atomic E-state index is 0.000956. The number of benzene rings is 3. The van der Waals surface area contributed by atoms with Crippen LogP contribution in [0.15, 0.2) is 107 Å². The smallest absolute Gasteiger partial charge is 0.269 e. The van der Waals surface area contributed by atoms with E-state index in [1.807, 2.05) is 47.8 Å². The predicted octanol–water partition coefficient (Wildman–Crippen LogP) is 5.78. The van der Waals surface area contributed by atoms with E-state index in [1.54, 1.807) is 28.0 Å². The molecule has 1 aliphatic rings. The number of non-ortho nitro benzene ring substituents is 1. The third-order valence-electron chi connectivity index (χ3n) is 7.01. The molecule has 2 aromatic heterocycles. The number of thioether (sulfide) groups is 1. The highest BCUT2D eigenvalue weighted by Gasteiger charge is 2.33. The zero-order valence-electron chi connectivity index (χ0n) is 23.4. The fraction of sp³-hybridized carbons (Fsp3) is 0.129. The number of hydrazone groups is 1. The molecule has 0 spiro atoms. The Morgan fingerprint density at radius 3 is 2.44 bits per heavy atom. The number of hydrogen-bond acceptors (Lipinski definition) is 9. The zero-order chi connectivity index (χ0) is 31.3. The minimum Gasteiger partial charge on any atom is -0.345 e. The number of rotatable bonds is 10. The molecule has 1 N–H and O–H groups in total. The van der Waals surface area contributed by atoms with Crippen LogP contribution in [0.1, 0.15) is 39.1 Å². The van der Waals surface area contributed by atoms with Gasteiger partial charge in [0.2, 0.25) is 0 Å². The first-order chi connectivity index (χ1) is 21.9. The van der Waals surface area contributed by atoms with E-state index in [-0.39, 0.29) is 41.3 Å². The highest BCUT2D eigenvalue weighted by atomic mass is 32.2. The molecule has 0 fully saturated rings. The minimum atomic E-state index is -0.532. The number of hydrogen-bond donors (Lipinski definition) is 1. The van der Waals surface area contributed by atoms with Crippen LogP contribution in [0, 0.1) is 15.9 Å². The maximum Gasteiger partial charge on any atom is 0.269 e. The molecular formula is C31H24FN7O4S2. The average Bonchev–Trinajstić information content (AvgIpc) is 3.84. The molecule has 0 saturated heterocycles. The van der Waals surface area contributed by atoms with Gasteiger partial charge in [0.1, 0.15) is 5.82 Å². The Labute approximate surface area is 264 Å². The number of carbonyl (C=O) groups is 2. The summed E-state index contributed by atoms with van der Waals surface area (Å²) in [4.78, 5) is 37.8. The number of nitro benzene ring substituents is 1. The van der Waals surface area contributed by atoms with Crippen molar-refractivity contribution >= 4 is 46.3 Å². The lowest BCUT2D eigenvalue weighted by Gasteiger charge is -2.22. The molecule has 45 heavy (non-hydrogen) atoms. The number of carbonyl (C=O) groups excluding carboxylic acids is 2. The van der Waals surface area contributed by atoms with Crippen molar-refractivity contribution in [1.82, 2.24) is 25.1 Å². The lowest BCUT2D eigenvalue weighted by molar-refractivity contribution is -0.384. The highest BCUT2D eigenvalue weighted by molar-refractivity contribution is 7.99. The number of halogens is 1. The summed E-state index contributed by atoms with van der Waals surface area (Å²) >= 11 is 2.73. The first-order valence-corrected chi connectivity index (χ1v) is 15.6. The van der Waals surface area contributed by atoms with Crippen LogP contribution in [0.3, 0.4) is 0 Å². The Bertz CT molecular complexity index is 1860. The summed E-state index contributed by atoms with van der Waals surface area (Å²) in [6.07, 6.45) is 0.501. The van der Waals surface area contributed by atoms with E-state index in [9.17, 15) is 24.1 Å². The van der Waals surface area contributed by atoms with Crippen molar-refractivity contribution in [3.63, 3.8) is 0 Å². The van der Waals surface area contributed by atoms with E-state index in [1.165, 1.54) is 53.2 Å². The van der Waals surface area contributed by atoms with E-state index in [0.29, 0.717) is 17.4 Å². The van der Waals surface area contributed by atoms with Crippen molar-refractivity contribution in [2.24, 2.45) is 5.10 Å². The van der Waals surface area contributed by atoms with E-state index < -0.39 is 10.8 Å². The number of nitro groups is 1. The Kier molecular flexibility index (Phi) is 8.75. The summed E-state index contributed by atoms with van der Waals surface area (Å²) in [7, 11) is 0. The molecule has 1 atom stereocenters. The van der Waals surface area contributed by atoms with Crippen molar-refractivity contribution in [2.75, 3.05) is 5.75 Å². The molecule has 0 bridgehead atoms. The van der Waals surface area contributed by atoms with Gasteiger partial charge in [-0.25, -0.2) is 9.40 Å². The molecule has 11 nitrogen and oxygen atoms in total. The molecule has 0 saturated carbocycles. The molecule has 6 rings (SSSR count). The standard InChI is InChI=1S/C31H24FN7O4S2/c32-22-12-8-20(9-13-22)26-17-25(27-7-4-16-44-27)36-38(26)29(40)19-45-31-35-34-28(37(31)23-5-2-1-3-6-23)18-33-30(41)21-10-14-24(15-11-21)39(42)43/h1-16,26H,17-19H2,(H,33,41)/t26-/m0/s1. The van der Waals surface area contributed by atoms with Gasteiger partial charge in [-0.05, 0) is 53.4 Å². The molecule has 0 radical (unpaired) electrons. The zero-order valence-corrected chi connectivity index (χ0v) is 25.1. The summed E-state index contributed by atoms with van der Waals surface area (Å²) in [5.74, 6) is -0.619. The maximum absolute atomic E-state index is 13.7. The van der Waals surface area contributed by atoms with Crippen LogP contribution < -0.4 is 5.32 Å². The van der Waals surface area contributed by atoms with Crippen molar-refractivity contribution in [3.05, 3.63) is 134 Å². The Morgan fingerprint density at radius 1 is 1.00 bits per heavy atom. The second kappa shape index (κ2) is 13.2. The summed E-state index contributed by atoms with van der Waals surface area (Å²) < 4.78 is 15.4. The molecule has 1 aliphatic heterocycles. The number of thiophene rings is 1. The van der Waals surface area contributed by atoms with Crippen molar-refractivity contribution in [2.45, 2.75) is 24.2 Å². The first kappa shape index (κ1) is 29.8. The molecule has 0 unspecified atom stereocenters. The largest absolute Gasteiger partial charge is 0.345 e. The second-order valence-electron chi connectivity index (χ2n) is 9.88. The van der Waals surface area contributed by atoms with Gasteiger partial charge < -0.3 is 5.32 Å². The van der Waals surface area contributed by atoms with Gasteiger partial charge in [0.05, 0.1) is 33.9 Å². The number of amides is 2. The van der Waals surface area contributed by atoms with Gasteiger partial charge in [-0.15, -0.1) is 21.5 Å². The fourth-order valence-electron chi connectivity index (χ4n) is 4.81. The third kappa shape index (κ3) is 6.66. The summed E-state index contributed by atoms with van der Waals surface area (Å²) in [5.41, 5.74) is 2.45. The molecule has 5 aromatic rings. The van der Waals surface area contributed by atoms with Crippen LogP contribution in [-0.4, -0.2) is 48.0 Å². The molecular weight excluding hydrogens is 618 g/mol. The van der Waals surface area contributed by atoms with Gasteiger partial charge in [0.15, 0.2) is 11.0 Å². The lowest BCUT2D eigenvalue weighted by atomic mass is 10.0. The number of aromatic nitrogens is 3. The Balaban J connectivity index is 1.20. The van der Waals surface area contributed by atoms with Gasteiger partial charge in [0.25, 0.3) is 17.5 Å². The first-order valence-electron chi connectivity index (χ1n) is 13.7. The summed E-state index contributed by atoms with van der Waals surface area (Å²) in [5, 5.41) is 30.9. The lowest BCUT2D eigenvalue weighted by Crippen LogP contribution is -2.28. The van der Waals surface area contributed by atoms with Crippen LogP contribution in [0.4, 0.5) is 10.1 Å². The third-order valence-corrected chi connectivity index (χ3v) is 8.85. The van der Waals surface area contributed by atoms with Crippen LogP contribution in [-0.2, 0) is 11.3 Å². The quantitative estimate of drug-likeness (QED) is 0.116. The molecule has 0 aliphatic carbocycles. The van der Waals surface area contributed by atoms with Crippen molar-refractivity contribution in [1.29, 1.82) is 0 Å². The SMILES string of the molecule is O=C(NCc1nnc(SCC(=O)N2N=C(c3cccs3)C[C@H]2c2ccc(F)cc2)n1-c1ccccc1)c1ccc([N+](=O)[O-])cc1. The number of nitrogens with zero attached hydrogens (tertiary/aromatic N) is 6. The van der Waals surface area contributed by atoms with Gasteiger partial charge >= 0.3 is 0 Å². The monoisotopic (exact) mass is 641 g/mol. The molecule has 14 heteroatoms. The van der Waals surface area contributed by atoms with E-state index >= 15 is 0 Å². The fourth-order valence-corrected chi connectivity index (χ4v) is 6.35. The average molecular weight is 642 g/mol.